The maximum absolute atomic E-state index is 12.4. The van der Waals surface area contributed by atoms with Crippen LogP contribution in [0.25, 0.3) is 0 Å². The van der Waals surface area contributed by atoms with Crippen LogP contribution in [0, 0.1) is 0 Å². The molecule has 1 aromatic carbocycles. The van der Waals surface area contributed by atoms with Crippen LogP contribution in [0.5, 0.6) is 0 Å². The van der Waals surface area contributed by atoms with Gasteiger partial charge in [-0.05, 0) is 18.9 Å². The molecule has 6 heteroatoms. The number of benzene rings is 1. The summed E-state index contributed by atoms with van der Waals surface area (Å²) in [7, 11) is 0. The largest absolute Gasteiger partial charge is 0.433 e. The Labute approximate surface area is 134 Å². The molecule has 1 saturated heterocycles. The molecule has 0 aliphatic carbocycles. The van der Waals surface area contributed by atoms with Crippen molar-refractivity contribution in [3.05, 3.63) is 35.4 Å². The second-order valence-corrected chi connectivity index (χ2v) is 5.84. The first-order chi connectivity index (χ1) is 11.1. The van der Waals surface area contributed by atoms with Crippen molar-refractivity contribution in [2.45, 2.75) is 44.9 Å². The highest BCUT2D eigenvalue weighted by Crippen LogP contribution is 2.38. The topological polar surface area (TPSA) is 75.7 Å². The van der Waals surface area contributed by atoms with Crippen molar-refractivity contribution in [2.24, 2.45) is 0 Å². The standard InChI is InChI=1S/C17H20N2O4/c1-2-3-10-18-15(21)13-8-9-14(20)19(13)16-11-6-4-5-7-12(11)17(22)23-16/h4-7,13,16H,2-3,8-10H2,1H3,(H,18,21)/t13-,16-/m1/s1. The lowest BCUT2D eigenvalue weighted by Gasteiger charge is -2.29. The zero-order valence-corrected chi connectivity index (χ0v) is 13.1. The molecule has 1 aromatic rings. The lowest BCUT2D eigenvalue weighted by atomic mass is 10.1. The number of rotatable bonds is 5. The molecular weight excluding hydrogens is 296 g/mol. The second-order valence-electron chi connectivity index (χ2n) is 5.84. The van der Waals surface area contributed by atoms with E-state index in [9.17, 15) is 14.4 Å². The van der Waals surface area contributed by atoms with Gasteiger partial charge in [0.15, 0.2) is 0 Å². The number of cyclic esters (lactones) is 1. The number of carbonyl (C=O) groups excluding carboxylic acids is 3. The van der Waals surface area contributed by atoms with Crippen LogP contribution in [-0.2, 0) is 14.3 Å². The number of hydrogen-bond donors (Lipinski definition) is 1. The molecule has 0 radical (unpaired) electrons. The predicted octanol–water partition coefficient (Wildman–Crippen LogP) is 1.76. The molecule has 0 spiro atoms. The number of hydrogen-bond acceptors (Lipinski definition) is 4. The number of amides is 2. The van der Waals surface area contributed by atoms with E-state index in [0.717, 1.165) is 12.8 Å². The lowest BCUT2D eigenvalue weighted by Crippen LogP contribution is -2.46. The summed E-state index contributed by atoms with van der Waals surface area (Å²) in [6, 6.07) is 6.41. The smallest absolute Gasteiger partial charge is 0.340 e. The van der Waals surface area contributed by atoms with E-state index in [4.69, 9.17) is 4.74 Å². The third kappa shape index (κ3) is 2.81. The van der Waals surface area contributed by atoms with Gasteiger partial charge in [0, 0.05) is 18.5 Å². The van der Waals surface area contributed by atoms with Crippen LogP contribution >= 0.6 is 0 Å². The Balaban J connectivity index is 1.81. The van der Waals surface area contributed by atoms with Crippen molar-refractivity contribution in [3.63, 3.8) is 0 Å². The summed E-state index contributed by atoms with van der Waals surface area (Å²) in [4.78, 5) is 38.0. The Kier molecular flexibility index (Phi) is 4.32. The van der Waals surface area contributed by atoms with E-state index in [2.05, 4.69) is 5.32 Å². The number of ether oxygens (including phenoxy) is 1. The van der Waals surface area contributed by atoms with E-state index >= 15 is 0 Å². The molecule has 1 fully saturated rings. The number of nitrogens with zero attached hydrogens (tertiary/aromatic N) is 1. The molecule has 122 valence electrons. The normalized spacial score (nSPS) is 22.9. The molecule has 3 rings (SSSR count). The van der Waals surface area contributed by atoms with E-state index < -0.39 is 18.2 Å². The van der Waals surface area contributed by atoms with Crippen molar-refractivity contribution in [2.75, 3.05) is 6.54 Å². The van der Waals surface area contributed by atoms with Crippen LogP contribution in [-0.4, -0.2) is 35.3 Å². The molecule has 2 atom stereocenters. The molecule has 1 N–H and O–H groups in total. The van der Waals surface area contributed by atoms with Gasteiger partial charge in [-0.15, -0.1) is 0 Å². The fourth-order valence-electron chi connectivity index (χ4n) is 3.09. The number of unbranched alkanes of at least 4 members (excludes halogenated alkanes) is 1. The molecule has 0 bridgehead atoms. The van der Waals surface area contributed by atoms with Crippen molar-refractivity contribution in [1.82, 2.24) is 10.2 Å². The Bertz CT molecular complexity index is 643. The highest BCUT2D eigenvalue weighted by atomic mass is 16.6. The Morgan fingerprint density at radius 1 is 1.35 bits per heavy atom. The van der Waals surface area contributed by atoms with E-state index in [1.807, 2.05) is 6.92 Å². The molecule has 0 aromatic heterocycles. The van der Waals surface area contributed by atoms with Gasteiger partial charge in [0.25, 0.3) is 0 Å². The van der Waals surface area contributed by atoms with Crippen molar-refractivity contribution in [1.29, 1.82) is 0 Å². The fraction of sp³-hybridized carbons (Fsp3) is 0.471. The maximum Gasteiger partial charge on any atom is 0.340 e. The summed E-state index contributed by atoms with van der Waals surface area (Å²) in [5.41, 5.74) is 1.11. The van der Waals surface area contributed by atoms with Crippen molar-refractivity contribution >= 4 is 17.8 Å². The van der Waals surface area contributed by atoms with Gasteiger partial charge in [0.1, 0.15) is 6.04 Å². The van der Waals surface area contributed by atoms with Crippen molar-refractivity contribution in [3.8, 4) is 0 Å². The number of carbonyl (C=O) groups is 3. The van der Waals surface area contributed by atoms with Gasteiger partial charge in [0.2, 0.25) is 18.0 Å². The Hall–Kier alpha value is -2.37. The molecule has 2 amide bonds. The molecule has 2 heterocycles. The highest BCUT2D eigenvalue weighted by Gasteiger charge is 2.46. The number of nitrogens with one attached hydrogen (secondary N) is 1. The second kappa shape index (κ2) is 6.40. The van der Waals surface area contributed by atoms with Crippen LogP contribution in [0.2, 0.25) is 0 Å². The first kappa shape index (κ1) is 15.5. The zero-order valence-electron chi connectivity index (χ0n) is 13.1. The van der Waals surface area contributed by atoms with Gasteiger partial charge in [-0.3, -0.25) is 14.5 Å². The molecule has 2 aliphatic rings. The third-order valence-electron chi connectivity index (χ3n) is 4.31. The van der Waals surface area contributed by atoms with E-state index in [1.54, 1.807) is 24.3 Å². The zero-order chi connectivity index (χ0) is 16.4. The summed E-state index contributed by atoms with van der Waals surface area (Å²) in [5.74, 6) is -0.782. The minimum absolute atomic E-state index is 0.157. The van der Waals surface area contributed by atoms with Gasteiger partial charge in [-0.1, -0.05) is 31.5 Å². The van der Waals surface area contributed by atoms with Gasteiger partial charge in [0.05, 0.1) is 5.56 Å². The average Bonchev–Trinajstić information content (AvgIpc) is 3.08. The van der Waals surface area contributed by atoms with E-state index in [-0.39, 0.29) is 11.8 Å². The van der Waals surface area contributed by atoms with Gasteiger partial charge in [-0.2, -0.15) is 0 Å². The average molecular weight is 316 g/mol. The third-order valence-corrected chi connectivity index (χ3v) is 4.31. The molecule has 0 unspecified atom stereocenters. The first-order valence-corrected chi connectivity index (χ1v) is 8.02. The van der Waals surface area contributed by atoms with Gasteiger partial charge < -0.3 is 10.1 Å². The van der Waals surface area contributed by atoms with Gasteiger partial charge >= 0.3 is 5.97 Å². The van der Waals surface area contributed by atoms with E-state index in [1.165, 1.54) is 4.90 Å². The minimum Gasteiger partial charge on any atom is -0.433 e. The summed E-state index contributed by atoms with van der Waals surface area (Å²) in [5, 5.41) is 2.86. The number of fused-ring (bicyclic) bond motifs is 1. The quantitative estimate of drug-likeness (QED) is 0.663. The van der Waals surface area contributed by atoms with Gasteiger partial charge in [-0.25, -0.2) is 4.79 Å². The minimum atomic E-state index is -0.796. The van der Waals surface area contributed by atoms with Crippen LogP contribution in [0.4, 0.5) is 0 Å². The first-order valence-electron chi connectivity index (χ1n) is 8.02. The molecule has 0 saturated carbocycles. The molecule has 6 nitrogen and oxygen atoms in total. The van der Waals surface area contributed by atoms with Crippen LogP contribution in [0.15, 0.2) is 24.3 Å². The Morgan fingerprint density at radius 3 is 2.91 bits per heavy atom. The SMILES string of the molecule is CCCCNC(=O)[C@H]1CCC(=O)N1[C@@H]1OC(=O)c2ccccc21. The predicted molar refractivity (Wildman–Crippen MR) is 82.4 cm³/mol. The number of likely N-dealkylation sites (tertiary alicyclic amines) is 1. The summed E-state index contributed by atoms with van der Waals surface area (Å²) in [6.07, 6.45) is 1.83. The maximum atomic E-state index is 12.4. The van der Waals surface area contributed by atoms with Crippen LogP contribution in [0.1, 0.15) is 54.8 Å². The number of esters is 1. The van der Waals surface area contributed by atoms with Crippen LogP contribution in [0.3, 0.4) is 0 Å². The molecule has 23 heavy (non-hydrogen) atoms. The van der Waals surface area contributed by atoms with Crippen LogP contribution < -0.4 is 5.32 Å². The highest BCUT2D eigenvalue weighted by molar-refractivity contribution is 5.96. The Morgan fingerprint density at radius 2 is 2.13 bits per heavy atom. The lowest BCUT2D eigenvalue weighted by molar-refractivity contribution is -0.145. The fourth-order valence-corrected chi connectivity index (χ4v) is 3.09. The monoisotopic (exact) mass is 316 g/mol. The summed E-state index contributed by atoms with van der Waals surface area (Å²) < 4.78 is 5.38. The van der Waals surface area contributed by atoms with Crippen molar-refractivity contribution < 1.29 is 19.1 Å². The molecular formula is C17H20N2O4. The summed E-state index contributed by atoms with van der Waals surface area (Å²) in [6.45, 7) is 2.64. The molecule has 2 aliphatic heterocycles. The summed E-state index contributed by atoms with van der Waals surface area (Å²) >= 11 is 0. The van der Waals surface area contributed by atoms with E-state index in [0.29, 0.717) is 30.5 Å².